The minimum Gasteiger partial charge on any atom is -0.323 e. The number of hydrogen-bond acceptors (Lipinski definition) is 4. The summed E-state index contributed by atoms with van der Waals surface area (Å²) in [6.07, 6.45) is 0.718. The third kappa shape index (κ3) is 5.64. The quantitative estimate of drug-likeness (QED) is 0.863. The van der Waals surface area contributed by atoms with Crippen LogP contribution >= 0.6 is 24.2 Å². The summed E-state index contributed by atoms with van der Waals surface area (Å²) in [5, 5.41) is 9.69. The maximum absolute atomic E-state index is 12.1. The monoisotopic (exact) mass is 326 g/mol. The minimum absolute atomic E-state index is 0. The van der Waals surface area contributed by atoms with E-state index in [1.165, 1.54) is 12.4 Å². The number of nitrogens with zero attached hydrogens (tertiary/aromatic N) is 2. The molecule has 20 heavy (non-hydrogen) atoms. The van der Waals surface area contributed by atoms with Gasteiger partial charge >= 0.3 is 0 Å². The molecule has 0 bridgehead atoms. The summed E-state index contributed by atoms with van der Waals surface area (Å²) >= 11 is 1.82. The van der Waals surface area contributed by atoms with Crippen molar-refractivity contribution in [3.63, 3.8) is 0 Å². The fourth-order valence-electron chi connectivity index (χ4n) is 1.86. The van der Waals surface area contributed by atoms with Crippen molar-refractivity contribution in [3.8, 4) is 0 Å². The van der Waals surface area contributed by atoms with Crippen molar-refractivity contribution in [2.24, 2.45) is 0 Å². The third-order valence-corrected chi connectivity index (χ3v) is 3.80. The van der Waals surface area contributed by atoms with Crippen molar-refractivity contribution >= 4 is 35.8 Å². The first-order valence-corrected chi connectivity index (χ1v) is 7.20. The van der Waals surface area contributed by atoms with E-state index in [9.17, 15) is 13.6 Å². The van der Waals surface area contributed by atoms with Crippen molar-refractivity contribution in [1.82, 2.24) is 15.1 Å². The lowest BCUT2D eigenvalue weighted by Crippen LogP contribution is -2.39. The fourth-order valence-corrected chi connectivity index (χ4v) is 2.81. The molecule has 1 fully saturated rings. The Morgan fingerprint density at radius 3 is 3.10 bits per heavy atom. The Balaban J connectivity index is 0.00000200. The molecule has 0 aromatic carbocycles. The number of halogens is 3. The number of rotatable bonds is 5. The molecule has 1 aromatic rings. The van der Waals surface area contributed by atoms with E-state index in [1.54, 1.807) is 0 Å². The lowest BCUT2D eigenvalue weighted by Gasteiger charge is -2.22. The topological polar surface area (TPSA) is 59.0 Å². The van der Waals surface area contributed by atoms with E-state index in [0.717, 1.165) is 22.7 Å². The maximum Gasteiger partial charge on any atom is 0.257 e. The zero-order chi connectivity index (χ0) is 13.7. The summed E-state index contributed by atoms with van der Waals surface area (Å²) in [4.78, 5) is 11.8. The first-order chi connectivity index (χ1) is 9.13. The van der Waals surface area contributed by atoms with Crippen LogP contribution in [-0.2, 0) is 11.3 Å². The molecule has 1 aromatic heterocycles. The molecule has 5 nitrogen and oxygen atoms in total. The van der Waals surface area contributed by atoms with Gasteiger partial charge in [-0.1, -0.05) is 0 Å². The number of carbonyl (C=O) groups excluding carboxylic acids is 1. The summed E-state index contributed by atoms with van der Waals surface area (Å²) in [5.41, 5.74) is 0.453. The lowest BCUT2D eigenvalue weighted by atomic mass is 10.2. The molecule has 1 aliphatic rings. The Morgan fingerprint density at radius 2 is 2.45 bits per heavy atom. The van der Waals surface area contributed by atoms with E-state index in [1.807, 2.05) is 11.8 Å². The molecule has 0 saturated carbocycles. The molecule has 1 aliphatic heterocycles. The van der Waals surface area contributed by atoms with Crippen molar-refractivity contribution < 1.29 is 13.6 Å². The number of anilines is 1. The summed E-state index contributed by atoms with van der Waals surface area (Å²) in [5.74, 6) is 1.85. The maximum atomic E-state index is 12.1. The zero-order valence-corrected chi connectivity index (χ0v) is 12.4. The molecule has 1 amide bonds. The Bertz CT molecular complexity index is 426. The van der Waals surface area contributed by atoms with Crippen molar-refractivity contribution in [1.29, 1.82) is 0 Å². The van der Waals surface area contributed by atoms with Gasteiger partial charge in [0.1, 0.15) is 6.54 Å². The van der Waals surface area contributed by atoms with E-state index in [-0.39, 0.29) is 24.4 Å². The Morgan fingerprint density at radius 1 is 1.65 bits per heavy atom. The molecule has 1 saturated heterocycles. The Hall–Kier alpha value is -0.860. The molecule has 0 spiro atoms. The summed E-state index contributed by atoms with van der Waals surface area (Å²) in [7, 11) is 0. The fraction of sp³-hybridized carbons (Fsp3) is 0.636. The average molecular weight is 327 g/mol. The number of aromatic nitrogens is 2. The Kier molecular flexibility index (Phi) is 7.25. The highest BCUT2D eigenvalue weighted by molar-refractivity contribution is 7.99. The van der Waals surface area contributed by atoms with E-state index < -0.39 is 13.0 Å². The Labute approximate surface area is 126 Å². The zero-order valence-electron chi connectivity index (χ0n) is 10.7. The number of hydrogen-bond donors (Lipinski definition) is 2. The van der Waals surface area contributed by atoms with Gasteiger partial charge in [0, 0.05) is 36.7 Å². The number of nitrogens with one attached hydrogen (secondary N) is 2. The van der Waals surface area contributed by atoms with Crippen molar-refractivity contribution in [3.05, 3.63) is 12.4 Å². The van der Waals surface area contributed by atoms with Crippen LogP contribution in [0.1, 0.15) is 6.42 Å². The summed E-state index contributed by atoms with van der Waals surface area (Å²) in [6.45, 7) is 0.450. The van der Waals surface area contributed by atoms with E-state index in [0.29, 0.717) is 12.1 Å². The smallest absolute Gasteiger partial charge is 0.257 e. The highest BCUT2D eigenvalue weighted by Gasteiger charge is 2.17. The molecule has 0 radical (unpaired) electrons. The van der Waals surface area contributed by atoms with Gasteiger partial charge in [0.2, 0.25) is 5.91 Å². The van der Waals surface area contributed by atoms with E-state index in [2.05, 4.69) is 15.7 Å². The first kappa shape index (κ1) is 17.2. The minimum atomic E-state index is -2.45. The summed E-state index contributed by atoms with van der Waals surface area (Å²) < 4.78 is 25.4. The second-order valence-electron chi connectivity index (χ2n) is 4.32. The second-order valence-corrected chi connectivity index (χ2v) is 5.47. The van der Waals surface area contributed by atoms with E-state index in [4.69, 9.17) is 0 Å². The number of alkyl halides is 2. The highest BCUT2D eigenvalue weighted by Crippen LogP contribution is 2.12. The molecular formula is C11H17ClF2N4OS. The second kappa shape index (κ2) is 8.43. The van der Waals surface area contributed by atoms with Gasteiger partial charge in [-0.3, -0.25) is 9.48 Å². The predicted octanol–water partition coefficient (Wildman–Crippen LogP) is 1.60. The SMILES string of the molecule is Cl.O=C(CC1CSCCN1)Nc1cnn(CC(F)F)c1. The molecule has 1 unspecified atom stereocenters. The molecule has 0 aliphatic carbocycles. The van der Waals surface area contributed by atoms with Crippen LogP contribution < -0.4 is 10.6 Å². The van der Waals surface area contributed by atoms with Crippen LogP contribution in [0.25, 0.3) is 0 Å². The van der Waals surface area contributed by atoms with Crippen molar-refractivity contribution in [2.45, 2.75) is 25.4 Å². The average Bonchev–Trinajstić information content (AvgIpc) is 2.76. The molecule has 2 heterocycles. The molecule has 9 heteroatoms. The third-order valence-electron chi connectivity index (χ3n) is 2.67. The van der Waals surface area contributed by atoms with Crippen LogP contribution in [0.2, 0.25) is 0 Å². The van der Waals surface area contributed by atoms with Gasteiger partial charge in [-0.2, -0.15) is 16.9 Å². The first-order valence-electron chi connectivity index (χ1n) is 6.05. The standard InChI is InChI=1S/C11H16F2N4OS.ClH/c12-10(13)6-17-5-9(4-15-17)16-11(18)3-8-7-19-2-1-14-8;/h4-5,8,10,14H,1-3,6-7H2,(H,16,18);1H. The molecule has 1 atom stereocenters. The van der Waals surface area contributed by atoms with Gasteiger partial charge < -0.3 is 10.6 Å². The number of amides is 1. The van der Waals surface area contributed by atoms with Crippen LogP contribution in [0.3, 0.4) is 0 Å². The van der Waals surface area contributed by atoms with Gasteiger partial charge in [0.25, 0.3) is 6.43 Å². The number of carbonyl (C=O) groups is 1. The predicted molar refractivity (Wildman–Crippen MR) is 77.8 cm³/mol. The molecule has 2 rings (SSSR count). The lowest BCUT2D eigenvalue weighted by molar-refractivity contribution is -0.116. The van der Waals surface area contributed by atoms with Crippen molar-refractivity contribution in [2.75, 3.05) is 23.4 Å². The van der Waals surface area contributed by atoms with Crippen LogP contribution in [0.15, 0.2) is 12.4 Å². The number of thioether (sulfide) groups is 1. The van der Waals surface area contributed by atoms with E-state index >= 15 is 0 Å². The van der Waals surface area contributed by atoms with Gasteiger partial charge in [-0.15, -0.1) is 12.4 Å². The van der Waals surface area contributed by atoms with Crippen LogP contribution in [0.4, 0.5) is 14.5 Å². The van der Waals surface area contributed by atoms with Crippen LogP contribution in [0, 0.1) is 0 Å². The van der Waals surface area contributed by atoms with Gasteiger partial charge in [-0.05, 0) is 0 Å². The van der Waals surface area contributed by atoms with Gasteiger partial charge in [-0.25, -0.2) is 8.78 Å². The van der Waals surface area contributed by atoms with Crippen LogP contribution in [-0.4, -0.2) is 46.2 Å². The highest BCUT2D eigenvalue weighted by atomic mass is 35.5. The molecule has 2 N–H and O–H groups in total. The van der Waals surface area contributed by atoms with Crippen LogP contribution in [0.5, 0.6) is 0 Å². The summed E-state index contributed by atoms with van der Waals surface area (Å²) in [6, 6.07) is 0.176. The largest absolute Gasteiger partial charge is 0.323 e. The van der Waals surface area contributed by atoms with Gasteiger partial charge in [0.05, 0.1) is 11.9 Å². The normalized spacial score (nSPS) is 18.6. The molecule has 114 valence electrons. The van der Waals surface area contributed by atoms with Gasteiger partial charge in [0.15, 0.2) is 0 Å². The molecular weight excluding hydrogens is 310 g/mol.